The average molecular weight is 507 g/mol. The molecule has 0 bridgehead atoms. The van der Waals surface area contributed by atoms with Crippen molar-refractivity contribution in [2.45, 2.75) is 44.8 Å². The maximum Gasteiger partial charge on any atom is 0.243 e. The van der Waals surface area contributed by atoms with Gasteiger partial charge in [-0.2, -0.15) is 4.31 Å². The Morgan fingerprint density at radius 2 is 1.54 bits per heavy atom. The van der Waals surface area contributed by atoms with Crippen molar-refractivity contribution in [2.75, 3.05) is 6.54 Å². The smallest absolute Gasteiger partial charge is 0.243 e. The number of sulfonamides is 1. The van der Waals surface area contributed by atoms with Gasteiger partial charge in [-0.05, 0) is 61.4 Å². The molecule has 5 nitrogen and oxygen atoms in total. The predicted octanol–water partition coefficient (Wildman–Crippen LogP) is 5.84. The lowest BCUT2D eigenvalue weighted by Crippen LogP contribution is -2.45. The third-order valence-electron chi connectivity index (χ3n) is 5.91. The molecule has 0 atom stereocenters. The van der Waals surface area contributed by atoms with Gasteiger partial charge in [0.1, 0.15) is 0 Å². The molecule has 35 heavy (non-hydrogen) atoms. The van der Waals surface area contributed by atoms with E-state index in [1.807, 2.05) is 79.7 Å². The van der Waals surface area contributed by atoms with Crippen LogP contribution in [0.15, 0.2) is 89.8 Å². The molecule has 1 aromatic heterocycles. The van der Waals surface area contributed by atoms with Gasteiger partial charge in [0, 0.05) is 22.3 Å². The molecule has 0 aliphatic heterocycles. The predicted molar refractivity (Wildman–Crippen MR) is 143 cm³/mol. The van der Waals surface area contributed by atoms with E-state index in [0.29, 0.717) is 13.1 Å². The summed E-state index contributed by atoms with van der Waals surface area (Å²) in [5, 5.41) is 1.82. The lowest BCUT2D eigenvalue weighted by Gasteiger charge is -2.29. The van der Waals surface area contributed by atoms with Gasteiger partial charge in [0.15, 0.2) is 0 Å². The van der Waals surface area contributed by atoms with Gasteiger partial charge in [-0.15, -0.1) is 11.3 Å². The van der Waals surface area contributed by atoms with Crippen molar-refractivity contribution in [1.29, 1.82) is 0 Å². The zero-order valence-corrected chi connectivity index (χ0v) is 21.9. The molecule has 0 unspecified atom stereocenters. The van der Waals surface area contributed by atoms with E-state index < -0.39 is 10.0 Å². The Kier molecular flexibility index (Phi) is 7.69. The van der Waals surface area contributed by atoms with E-state index >= 15 is 0 Å². The summed E-state index contributed by atoms with van der Waals surface area (Å²) in [7, 11) is -3.87. The quantitative estimate of drug-likeness (QED) is 0.287. The van der Waals surface area contributed by atoms with Crippen molar-refractivity contribution in [2.24, 2.45) is 0 Å². The highest BCUT2D eigenvalue weighted by Gasteiger charge is 2.31. The molecular formula is C28H30N2O3S2. The lowest BCUT2D eigenvalue weighted by atomic mass is 10.1. The maximum atomic E-state index is 13.7. The molecule has 4 aromatic rings. The monoisotopic (exact) mass is 506 g/mol. The Morgan fingerprint density at radius 1 is 0.857 bits per heavy atom. The van der Waals surface area contributed by atoms with Crippen LogP contribution in [0.2, 0.25) is 0 Å². The second kappa shape index (κ2) is 10.7. The zero-order chi connectivity index (χ0) is 25.0. The highest BCUT2D eigenvalue weighted by molar-refractivity contribution is 7.89. The Hall–Kier alpha value is -3.00. The van der Waals surface area contributed by atoms with Crippen LogP contribution in [0.25, 0.3) is 10.8 Å². The van der Waals surface area contributed by atoms with E-state index in [-0.39, 0.29) is 23.4 Å². The van der Waals surface area contributed by atoms with Crippen molar-refractivity contribution in [3.05, 3.63) is 100 Å². The van der Waals surface area contributed by atoms with E-state index in [1.54, 1.807) is 42.2 Å². The Labute approximate surface area is 211 Å². The van der Waals surface area contributed by atoms with E-state index in [1.165, 1.54) is 9.18 Å². The molecule has 0 N–H and O–H groups in total. The van der Waals surface area contributed by atoms with Crippen LogP contribution in [-0.4, -0.2) is 36.1 Å². The number of fused-ring (bicyclic) bond motifs is 1. The zero-order valence-electron chi connectivity index (χ0n) is 20.2. The molecule has 0 spiro atoms. The number of amides is 1. The first-order valence-electron chi connectivity index (χ1n) is 11.6. The summed E-state index contributed by atoms with van der Waals surface area (Å²) >= 11 is 1.65. The van der Waals surface area contributed by atoms with Crippen molar-refractivity contribution in [1.82, 2.24) is 9.21 Å². The van der Waals surface area contributed by atoms with Crippen LogP contribution < -0.4 is 0 Å². The molecule has 0 saturated heterocycles. The summed E-state index contributed by atoms with van der Waals surface area (Å²) in [5.41, 5.74) is 1.00. The fraction of sp³-hybridized carbons (Fsp3) is 0.250. The van der Waals surface area contributed by atoms with Gasteiger partial charge < -0.3 is 4.90 Å². The molecule has 0 saturated carbocycles. The molecule has 1 heterocycles. The van der Waals surface area contributed by atoms with Crippen molar-refractivity contribution >= 4 is 38.0 Å². The van der Waals surface area contributed by atoms with Gasteiger partial charge >= 0.3 is 0 Å². The van der Waals surface area contributed by atoms with Crippen LogP contribution in [-0.2, 0) is 27.9 Å². The third kappa shape index (κ3) is 5.99. The summed E-state index contributed by atoms with van der Waals surface area (Å²) in [6, 6.07) is 26.2. The average Bonchev–Trinajstić information content (AvgIpc) is 3.26. The van der Waals surface area contributed by atoms with Crippen LogP contribution in [0.1, 0.15) is 29.2 Å². The summed E-state index contributed by atoms with van der Waals surface area (Å²) in [4.78, 5) is 17.8. The first kappa shape index (κ1) is 25.1. The molecule has 0 aliphatic carbocycles. The van der Waals surface area contributed by atoms with Crippen LogP contribution in [0.3, 0.4) is 0 Å². The number of benzene rings is 3. The topological polar surface area (TPSA) is 57.7 Å². The number of carbonyl (C=O) groups is 1. The standard InChI is InChI=1S/C28H30N2O3S2/c1-21(2)30(35(32,33)27-16-14-24-11-7-8-12-25(24)17-27)20-28(31)29(18-23-9-5-4-6-10-23)19-26-15-13-22(3)34-26/h4-17,21H,18-20H2,1-3H3. The van der Waals surface area contributed by atoms with Crippen LogP contribution in [0.4, 0.5) is 0 Å². The molecule has 182 valence electrons. The largest absolute Gasteiger partial charge is 0.332 e. The van der Waals surface area contributed by atoms with E-state index in [4.69, 9.17) is 0 Å². The van der Waals surface area contributed by atoms with Crippen molar-refractivity contribution in [3.8, 4) is 0 Å². The second-order valence-corrected chi connectivity index (χ2v) is 12.2. The minimum absolute atomic E-state index is 0.196. The first-order valence-corrected chi connectivity index (χ1v) is 13.9. The van der Waals surface area contributed by atoms with Gasteiger partial charge in [-0.1, -0.05) is 60.7 Å². The van der Waals surface area contributed by atoms with Crippen molar-refractivity contribution in [3.63, 3.8) is 0 Å². The molecule has 3 aromatic carbocycles. The summed E-state index contributed by atoms with van der Waals surface area (Å²) in [5.74, 6) is -0.224. The molecule has 0 radical (unpaired) electrons. The minimum Gasteiger partial charge on any atom is -0.332 e. The lowest BCUT2D eigenvalue weighted by molar-refractivity contribution is -0.132. The van der Waals surface area contributed by atoms with Gasteiger partial charge in [0.2, 0.25) is 15.9 Å². The number of aryl methyl sites for hydroxylation is 1. The molecule has 0 fully saturated rings. The summed E-state index contributed by atoms with van der Waals surface area (Å²) in [6.07, 6.45) is 0. The van der Waals surface area contributed by atoms with Crippen molar-refractivity contribution < 1.29 is 13.2 Å². The summed E-state index contributed by atoms with van der Waals surface area (Å²) < 4.78 is 28.6. The highest BCUT2D eigenvalue weighted by atomic mass is 32.2. The highest BCUT2D eigenvalue weighted by Crippen LogP contribution is 2.24. The van der Waals surface area contributed by atoms with Gasteiger partial charge in [0.25, 0.3) is 0 Å². The number of thiophene rings is 1. The number of rotatable bonds is 9. The van der Waals surface area contributed by atoms with Crippen LogP contribution >= 0.6 is 11.3 Å². The molecule has 7 heteroatoms. The maximum absolute atomic E-state index is 13.7. The SMILES string of the molecule is Cc1ccc(CN(Cc2ccccc2)C(=O)CN(C(C)C)S(=O)(=O)c2ccc3ccccc3c2)s1. The number of nitrogens with zero attached hydrogens (tertiary/aromatic N) is 2. The normalized spacial score (nSPS) is 11.9. The molecular weight excluding hydrogens is 476 g/mol. The second-order valence-electron chi connectivity index (χ2n) is 8.90. The Bertz CT molecular complexity index is 1410. The van der Waals surface area contributed by atoms with E-state index in [2.05, 4.69) is 0 Å². The fourth-order valence-corrected chi connectivity index (χ4v) is 6.56. The minimum atomic E-state index is -3.87. The van der Waals surface area contributed by atoms with Crippen LogP contribution in [0, 0.1) is 6.92 Å². The number of hydrogen-bond donors (Lipinski definition) is 0. The molecule has 0 aliphatic rings. The van der Waals surface area contributed by atoms with Gasteiger partial charge in [-0.3, -0.25) is 4.79 Å². The van der Waals surface area contributed by atoms with Gasteiger partial charge in [-0.25, -0.2) is 8.42 Å². The summed E-state index contributed by atoms with van der Waals surface area (Å²) in [6.45, 7) is 6.27. The Balaban J connectivity index is 1.62. The Morgan fingerprint density at radius 3 is 2.20 bits per heavy atom. The molecule has 1 amide bonds. The molecule has 4 rings (SSSR count). The van der Waals surface area contributed by atoms with Gasteiger partial charge in [0.05, 0.1) is 18.0 Å². The third-order valence-corrected chi connectivity index (χ3v) is 8.91. The van der Waals surface area contributed by atoms with E-state index in [9.17, 15) is 13.2 Å². The number of carbonyl (C=O) groups excluding carboxylic acids is 1. The first-order chi connectivity index (χ1) is 16.7. The fourth-order valence-electron chi connectivity index (χ4n) is 4.04. The van der Waals surface area contributed by atoms with E-state index in [0.717, 1.165) is 21.2 Å². The number of hydrogen-bond acceptors (Lipinski definition) is 4. The van der Waals surface area contributed by atoms with Crippen LogP contribution in [0.5, 0.6) is 0 Å².